The van der Waals surface area contributed by atoms with Gasteiger partial charge in [-0.15, -0.1) is 0 Å². The normalized spacial score (nSPS) is 11.2. The monoisotopic (exact) mass is 203 g/mol. The molecule has 0 unspecified atom stereocenters. The lowest BCUT2D eigenvalue weighted by Gasteiger charge is -2.05. The molecule has 0 heterocycles. The van der Waals surface area contributed by atoms with Gasteiger partial charge in [-0.05, 0) is 18.2 Å². The number of nitrogens with two attached hydrogens (primary N) is 1. The number of rotatable bonds is 2. The molecule has 0 atom stereocenters. The Morgan fingerprint density at radius 3 is 2.54 bits per heavy atom. The maximum absolute atomic E-state index is 10.8. The Morgan fingerprint density at radius 2 is 2.08 bits per heavy atom. The van der Waals surface area contributed by atoms with Crippen molar-refractivity contribution in [1.82, 2.24) is 0 Å². The zero-order valence-corrected chi connectivity index (χ0v) is 7.71. The molecular weight excluding hydrogens is 194 g/mol. The first kappa shape index (κ1) is 9.82. The molecule has 0 saturated carbocycles. The largest absolute Gasteiger partial charge is 0.495 e. The first-order chi connectivity index (χ1) is 5.95. The van der Waals surface area contributed by atoms with E-state index >= 15 is 0 Å². The molecule has 1 aromatic carbocycles. The van der Waals surface area contributed by atoms with Crippen molar-refractivity contribution < 1.29 is 17.7 Å². The van der Waals surface area contributed by atoms with Gasteiger partial charge in [-0.2, -0.15) is 8.42 Å². The minimum Gasteiger partial charge on any atom is -0.495 e. The van der Waals surface area contributed by atoms with E-state index in [2.05, 4.69) is 0 Å². The van der Waals surface area contributed by atoms with E-state index in [-0.39, 0.29) is 16.3 Å². The molecule has 0 radical (unpaired) electrons. The average Bonchev–Trinajstić information content (AvgIpc) is 2.03. The van der Waals surface area contributed by atoms with Gasteiger partial charge in [0.1, 0.15) is 10.6 Å². The fraction of sp³-hybridized carbons (Fsp3) is 0.143. The van der Waals surface area contributed by atoms with Crippen molar-refractivity contribution in [2.75, 3.05) is 12.8 Å². The highest BCUT2D eigenvalue weighted by Crippen LogP contribution is 2.25. The molecule has 0 aliphatic carbocycles. The molecule has 0 aliphatic rings. The van der Waals surface area contributed by atoms with Gasteiger partial charge in [0.2, 0.25) is 0 Å². The summed E-state index contributed by atoms with van der Waals surface area (Å²) in [6.07, 6.45) is 0. The lowest BCUT2D eigenvalue weighted by atomic mass is 10.3. The van der Waals surface area contributed by atoms with E-state index in [1.165, 1.54) is 19.2 Å². The van der Waals surface area contributed by atoms with E-state index in [1.807, 2.05) is 0 Å². The van der Waals surface area contributed by atoms with Crippen LogP contribution in [0.3, 0.4) is 0 Å². The van der Waals surface area contributed by atoms with E-state index in [0.29, 0.717) is 0 Å². The summed E-state index contributed by atoms with van der Waals surface area (Å²) in [5.41, 5.74) is 5.59. The van der Waals surface area contributed by atoms with Crippen LogP contribution in [-0.2, 0) is 10.1 Å². The van der Waals surface area contributed by atoms with Crippen LogP contribution in [0.5, 0.6) is 5.75 Å². The topological polar surface area (TPSA) is 89.6 Å². The maximum atomic E-state index is 10.8. The Balaban J connectivity index is 3.41. The molecule has 0 fully saturated rings. The van der Waals surface area contributed by atoms with Crippen LogP contribution in [-0.4, -0.2) is 20.1 Å². The SMILES string of the molecule is COc1ccc(N)cc1S(=O)(=O)O. The second-order valence-electron chi connectivity index (χ2n) is 2.39. The van der Waals surface area contributed by atoms with Gasteiger partial charge in [0.25, 0.3) is 10.1 Å². The zero-order chi connectivity index (χ0) is 10.1. The number of benzene rings is 1. The summed E-state index contributed by atoms with van der Waals surface area (Å²) in [6.45, 7) is 0. The summed E-state index contributed by atoms with van der Waals surface area (Å²) < 4.78 is 35.1. The van der Waals surface area contributed by atoms with Gasteiger partial charge in [0.15, 0.2) is 0 Å². The van der Waals surface area contributed by atoms with Crippen LogP contribution < -0.4 is 10.5 Å². The molecule has 6 heteroatoms. The highest BCUT2D eigenvalue weighted by molar-refractivity contribution is 7.86. The molecule has 1 rings (SSSR count). The van der Waals surface area contributed by atoms with Crippen LogP contribution in [0.4, 0.5) is 5.69 Å². The van der Waals surface area contributed by atoms with Crippen molar-refractivity contribution in [2.45, 2.75) is 4.90 Å². The van der Waals surface area contributed by atoms with Crippen molar-refractivity contribution in [3.63, 3.8) is 0 Å². The van der Waals surface area contributed by atoms with Crippen LogP contribution in [0, 0.1) is 0 Å². The van der Waals surface area contributed by atoms with Crippen molar-refractivity contribution in [1.29, 1.82) is 0 Å². The third kappa shape index (κ3) is 2.10. The molecular formula is C7H9NO4S. The summed E-state index contributed by atoms with van der Waals surface area (Å²) in [5.74, 6) is 0.0664. The van der Waals surface area contributed by atoms with E-state index < -0.39 is 10.1 Å². The quantitative estimate of drug-likeness (QED) is 0.540. The highest BCUT2D eigenvalue weighted by Gasteiger charge is 2.15. The standard InChI is InChI=1S/C7H9NO4S/c1-12-6-3-2-5(8)4-7(6)13(9,10)11/h2-4H,8H2,1H3,(H,9,10,11). The lowest BCUT2D eigenvalue weighted by molar-refractivity contribution is 0.397. The van der Waals surface area contributed by atoms with Crippen molar-refractivity contribution >= 4 is 15.8 Å². The molecule has 0 saturated heterocycles. The summed E-state index contributed by atoms with van der Waals surface area (Å²) in [5, 5.41) is 0. The highest BCUT2D eigenvalue weighted by atomic mass is 32.2. The average molecular weight is 203 g/mol. The van der Waals surface area contributed by atoms with Gasteiger partial charge in [-0.3, -0.25) is 4.55 Å². The van der Waals surface area contributed by atoms with Gasteiger partial charge < -0.3 is 10.5 Å². The van der Waals surface area contributed by atoms with Crippen LogP contribution in [0.15, 0.2) is 23.1 Å². The van der Waals surface area contributed by atoms with Crippen LogP contribution in [0.2, 0.25) is 0 Å². The fourth-order valence-corrected chi connectivity index (χ4v) is 1.59. The summed E-state index contributed by atoms with van der Waals surface area (Å²) >= 11 is 0. The second-order valence-corrected chi connectivity index (χ2v) is 3.78. The van der Waals surface area contributed by atoms with Crippen LogP contribution >= 0.6 is 0 Å². The predicted molar refractivity (Wildman–Crippen MR) is 47.2 cm³/mol. The Hall–Kier alpha value is -1.27. The molecule has 0 amide bonds. The number of nitrogen functional groups attached to an aromatic ring is 1. The van der Waals surface area contributed by atoms with Gasteiger partial charge in [-0.1, -0.05) is 0 Å². The van der Waals surface area contributed by atoms with E-state index in [1.54, 1.807) is 0 Å². The minimum atomic E-state index is -4.27. The number of anilines is 1. The number of ether oxygens (including phenoxy) is 1. The third-order valence-electron chi connectivity index (χ3n) is 1.47. The predicted octanol–water partition coefficient (Wildman–Crippen LogP) is 0.524. The fourth-order valence-electron chi connectivity index (χ4n) is 0.895. The number of hydrogen-bond donors (Lipinski definition) is 2. The second kappa shape index (κ2) is 3.23. The van der Waals surface area contributed by atoms with E-state index in [4.69, 9.17) is 15.0 Å². The molecule has 5 nitrogen and oxygen atoms in total. The number of methoxy groups -OCH3 is 1. The van der Waals surface area contributed by atoms with Gasteiger partial charge >= 0.3 is 0 Å². The molecule has 72 valence electrons. The van der Waals surface area contributed by atoms with Crippen molar-refractivity contribution in [3.05, 3.63) is 18.2 Å². The zero-order valence-electron chi connectivity index (χ0n) is 6.89. The van der Waals surface area contributed by atoms with E-state index in [0.717, 1.165) is 6.07 Å². The molecule has 0 aromatic heterocycles. The first-order valence-corrected chi connectivity index (χ1v) is 4.80. The van der Waals surface area contributed by atoms with Crippen molar-refractivity contribution in [2.24, 2.45) is 0 Å². The Bertz CT molecular complexity index is 413. The Kier molecular flexibility index (Phi) is 2.44. The number of hydrogen-bond acceptors (Lipinski definition) is 4. The summed E-state index contributed by atoms with van der Waals surface area (Å²) in [6, 6.07) is 3.99. The lowest BCUT2D eigenvalue weighted by Crippen LogP contribution is -2.02. The molecule has 0 bridgehead atoms. The minimum absolute atomic E-state index is 0.0664. The van der Waals surface area contributed by atoms with Gasteiger partial charge in [0.05, 0.1) is 7.11 Å². The summed E-state index contributed by atoms with van der Waals surface area (Å²) in [7, 11) is -2.97. The van der Waals surface area contributed by atoms with Crippen LogP contribution in [0.25, 0.3) is 0 Å². The smallest absolute Gasteiger partial charge is 0.298 e. The molecule has 13 heavy (non-hydrogen) atoms. The van der Waals surface area contributed by atoms with Gasteiger partial charge in [0, 0.05) is 5.69 Å². The molecule has 1 aromatic rings. The summed E-state index contributed by atoms with van der Waals surface area (Å²) in [4.78, 5) is -0.324. The van der Waals surface area contributed by atoms with Crippen molar-refractivity contribution in [3.8, 4) is 5.75 Å². The molecule has 0 spiro atoms. The first-order valence-electron chi connectivity index (χ1n) is 3.36. The molecule has 0 aliphatic heterocycles. The Morgan fingerprint density at radius 1 is 1.46 bits per heavy atom. The third-order valence-corrected chi connectivity index (χ3v) is 2.34. The molecule has 3 N–H and O–H groups in total. The maximum Gasteiger partial charge on any atom is 0.298 e. The van der Waals surface area contributed by atoms with E-state index in [9.17, 15) is 8.42 Å². The van der Waals surface area contributed by atoms with Gasteiger partial charge in [-0.25, -0.2) is 0 Å². The van der Waals surface area contributed by atoms with Crippen LogP contribution in [0.1, 0.15) is 0 Å². The Labute approximate surface area is 75.9 Å².